The van der Waals surface area contributed by atoms with Gasteiger partial charge < -0.3 is 4.90 Å². The van der Waals surface area contributed by atoms with Crippen molar-refractivity contribution in [2.24, 2.45) is 5.92 Å². The van der Waals surface area contributed by atoms with Gasteiger partial charge in [0.2, 0.25) is 5.95 Å². The van der Waals surface area contributed by atoms with E-state index in [4.69, 9.17) is 0 Å². The van der Waals surface area contributed by atoms with E-state index >= 15 is 0 Å². The Morgan fingerprint density at radius 3 is 2.77 bits per heavy atom. The van der Waals surface area contributed by atoms with Gasteiger partial charge >= 0.3 is 0 Å². The summed E-state index contributed by atoms with van der Waals surface area (Å²) in [5.74, 6) is 1.79. The molecule has 3 heterocycles. The monoisotopic (exact) mass is 297 g/mol. The third-order valence-electron chi connectivity index (χ3n) is 4.34. The van der Waals surface area contributed by atoms with E-state index < -0.39 is 0 Å². The highest BCUT2D eigenvalue weighted by atomic mass is 16.1. The van der Waals surface area contributed by atoms with Crippen LogP contribution < -0.4 is 10.5 Å². The minimum absolute atomic E-state index is 0.00495. The fraction of sp³-hybridized carbons (Fsp3) is 0.500. The average Bonchev–Trinajstić information content (AvgIpc) is 3.28. The Kier molecular flexibility index (Phi) is 3.17. The largest absolute Gasteiger partial charge is 0.340 e. The lowest BCUT2D eigenvalue weighted by Gasteiger charge is -2.39. The van der Waals surface area contributed by atoms with Gasteiger partial charge in [0.25, 0.3) is 5.56 Å². The molecule has 114 valence electrons. The van der Waals surface area contributed by atoms with Gasteiger partial charge in [-0.1, -0.05) is 0 Å². The summed E-state index contributed by atoms with van der Waals surface area (Å²) < 4.78 is 1.63. The van der Waals surface area contributed by atoms with E-state index in [1.54, 1.807) is 16.9 Å². The third kappa shape index (κ3) is 2.61. The molecular formula is C16H19N5O. The molecule has 0 radical (unpaired) electrons. The molecule has 6 heteroatoms. The van der Waals surface area contributed by atoms with Gasteiger partial charge in [-0.3, -0.25) is 4.79 Å². The first-order chi connectivity index (χ1) is 10.7. The molecule has 2 aliphatic rings. The van der Waals surface area contributed by atoms with Crippen molar-refractivity contribution in [1.82, 2.24) is 19.7 Å². The van der Waals surface area contributed by atoms with Gasteiger partial charge in [-0.15, -0.1) is 0 Å². The third-order valence-corrected chi connectivity index (χ3v) is 4.34. The smallest absolute Gasteiger partial charge is 0.266 e. The Morgan fingerprint density at radius 1 is 1.23 bits per heavy atom. The zero-order valence-electron chi connectivity index (χ0n) is 12.6. The van der Waals surface area contributed by atoms with E-state index in [9.17, 15) is 4.79 Å². The van der Waals surface area contributed by atoms with Gasteiger partial charge in [0, 0.05) is 42.9 Å². The summed E-state index contributed by atoms with van der Waals surface area (Å²) in [6.45, 7) is 4.41. The molecule has 1 saturated heterocycles. The summed E-state index contributed by atoms with van der Waals surface area (Å²) in [6.07, 6.45) is 4.19. The molecule has 22 heavy (non-hydrogen) atoms. The molecule has 0 bridgehead atoms. The van der Waals surface area contributed by atoms with Crippen molar-refractivity contribution >= 4 is 5.95 Å². The Labute approximate surface area is 128 Å². The molecule has 1 aliphatic heterocycles. The molecule has 2 aromatic rings. The fourth-order valence-electron chi connectivity index (χ4n) is 2.87. The number of aryl methyl sites for hydroxylation is 1. The van der Waals surface area contributed by atoms with Crippen molar-refractivity contribution in [2.45, 2.75) is 32.2 Å². The maximum atomic E-state index is 11.9. The van der Waals surface area contributed by atoms with Crippen molar-refractivity contribution in [3.63, 3.8) is 0 Å². The van der Waals surface area contributed by atoms with Crippen LogP contribution in [0.3, 0.4) is 0 Å². The molecular weight excluding hydrogens is 278 g/mol. The van der Waals surface area contributed by atoms with Crippen molar-refractivity contribution in [1.29, 1.82) is 0 Å². The normalized spacial score (nSPS) is 18.3. The Bertz CT molecular complexity index is 746. The van der Waals surface area contributed by atoms with Crippen molar-refractivity contribution in [2.75, 3.05) is 18.0 Å². The van der Waals surface area contributed by atoms with E-state index in [-0.39, 0.29) is 5.56 Å². The van der Waals surface area contributed by atoms with E-state index in [0.717, 1.165) is 30.4 Å². The SMILES string of the molecule is Cc1ccnc(N2CC(Cn3nc(C4CC4)ccc3=O)C2)n1. The lowest BCUT2D eigenvalue weighted by molar-refractivity contribution is 0.329. The summed E-state index contributed by atoms with van der Waals surface area (Å²) in [5, 5.41) is 4.52. The van der Waals surface area contributed by atoms with Crippen LogP contribution in [0.15, 0.2) is 29.2 Å². The second-order valence-electron chi connectivity index (χ2n) is 6.32. The van der Waals surface area contributed by atoms with Crippen LogP contribution in [-0.4, -0.2) is 32.8 Å². The predicted octanol–water partition coefficient (Wildman–Crippen LogP) is 1.36. The minimum Gasteiger partial charge on any atom is -0.340 e. The Balaban J connectivity index is 1.42. The number of nitrogens with zero attached hydrogens (tertiary/aromatic N) is 5. The van der Waals surface area contributed by atoms with Crippen molar-refractivity contribution < 1.29 is 0 Å². The molecule has 1 saturated carbocycles. The highest BCUT2D eigenvalue weighted by molar-refractivity contribution is 5.34. The predicted molar refractivity (Wildman–Crippen MR) is 82.9 cm³/mol. The number of anilines is 1. The molecule has 0 N–H and O–H groups in total. The summed E-state index contributed by atoms with van der Waals surface area (Å²) in [5.41, 5.74) is 2.04. The van der Waals surface area contributed by atoms with Crippen LogP contribution in [0.4, 0.5) is 5.95 Å². The number of aromatic nitrogens is 4. The molecule has 4 rings (SSSR count). The van der Waals surface area contributed by atoms with Gasteiger partial charge in [-0.25, -0.2) is 14.6 Å². The van der Waals surface area contributed by atoms with Gasteiger partial charge in [-0.2, -0.15) is 5.10 Å². The van der Waals surface area contributed by atoms with Gasteiger partial charge in [-0.05, 0) is 31.9 Å². The lowest BCUT2D eigenvalue weighted by Crippen LogP contribution is -2.50. The highest BCUT2D eigenvalue weighted by Gasteiger charge is 2.30. The molecule has 2 aromatic heterocycles. The van der Waals surface area contributed by atoms with E-state index in [1.165, 1.54) is 12.8 Å². The summed E-state index contributed by atoms with van der Waals surface area (Å²) in [4.78, 5) is 22.8. The maximum absolute atomic E-state index is 11.9. The van der Waals surface area contributed by atoms with Crippen LogP contribution in [0.2, 0.25) is 0 Å². The first-order valence-electron chi connectivity index (χ1n) is 7.82. The molecule has 0 atom stereocenters. The fourth-order valence-corrected chi connectivity index (χ4v) is 2.87. The minimum atomic E-state index is -0.00495. The Morgan fingerprint density at radius 2 is 2.05 bits per heavy atom. The molecule has 1 aliphatic carbocycles. The lowest BCUT2D eigenvalue weighted by atomic mass is 10.0. The highest BCUT2D eigenvalue weighted by Crippen LogP contribution is 2.38. The summed E-state index contributed by atoms with van der Waals surface area (Å²) in [7, 11) is 0. The Hall–Kier alpha value is -2.24. The van der Waals surface area contributed by atoms with E-state index in [1.807, 2.05) is 19.1 Å². The van der Waals surface area contributed by atoms with Crippen molar-refractivity contribution in [3.05, 3.63) is 46.1 Å². The van der Waals surface area contributed by atoms with E-state index in [0.29, 0.717) is 18.4 Å². The van der Waals surface area contributed by atoms with Gasteiger partial charge in [0.1, 0.15) is 0 Å². The number of rotatable bonds is 4. The molecule has 0 unspecified atom stereocenters. The zero-order chi connectivity index (χ0) is 15.1. The van der Waals surface area contributed by atoms with E-state index in [2.05, 4.69) is 20.0 Å². The first-order valence-corrected chi connectivity index (χ1v) is 7.82. The topological polar surface area (TPSA) is 63.9 Å². The molecule has 6 nitrogen and oxygen atoms in total. The second-order valence-corrected chi connectivity index (χ2v) is 6.32. The molecule has 0 spiro atoms. The van der Waals surface area contributed by atoms with Crippen LogP contribution in [0.5, 0.6) is 0 Å². The molecule has 0 amide bonds. The zero-order valence-corrected chi connectivity index (χ0v) is 12.6. The van der Waals surface area contributed by atoms with Crippen LogP contribution in [-0.2, 0) is 6.54 Å². The molecule has 2 fully saturated rings. The van der Waals surface area contributed by atoms with Crippen LogP contribution in [0.25, 0.3) is 0 Å². The summed E-state index contributed by atoms with van der Waals surface area (Å²) in [6, 6.07) is 5.43. The summed E-state index contributed by atoms with van der Waals surface area (Å²) >= 11 is 0. The first kappa shape index (κ1) is 13.4. The average molecular weight is 297 g/mol. The van der Waals surface area contributed by atoms with Gasteiger partial charge in [0.05, 0.1) is 12.2 Å². The number of hydrogen-bond acceptors (Lipinski definition) is 5. The standard InChI is InChI=1S/C16H19N5O/c1-11-6-7-17-16(18-11)20-8-12(9-20)10-21-15(22)5-4-14(19-21)13-2-3-13/h4-7,12-13H,2-3,8-10H2,1H3. The second kappa shape index (κ2) is 5.19. The van der Waals surface area contributed by atoms with Crippen LogP contribution in [0.1, 0.15) is 30.1 Å². The quantitative estimate of drug-likeness (QED) is 0.852. The van der Waals surface area contributed by atoms with Crippen LogP contribution >= 0.6 is 0 Å². The maximum Gasteiger partial charge on any atom is 0.266 e. The van der Waals surface area contributed by atoms with Crippen molar-refractivity contribution in [3.8, 4) is 0 Å². The number of hydrogen-bond donors (Lipinski definition) is 0. The molecule has 0 aromatic carbocycles. The van der Waals surface area contributed by atoms with Gasteiger partial charge in [0.15, 0.2) is 0 Å². The van der Waals surface area contributed by atoms with Crippen LogP contribution in [0, 0.1) is 12.8 Å².